The molecular weight excluding hydrogens is 369 g/mol. The van der Waals surface area contributed by atoms with E-state index in [4.69, 9.17) is 0 Å². The molecular formula is C21H21F3N2O2. The molecule has 1 heterocycles. The summed E-state index contributed by atoms with van der Waals surface area (Å²) in [5.74, 6) is -5.46. The number of nitrogens with one attached hydrogen (secondary N) is 1. The van der Waals surface area contributed by atoms with Crippen LogP contribution in [-0.2, 0) is 11.2 Å². The molecule has 0 aliphatic carbocycles. The average Bonchev–Trinajstić information content (AvgIpc) is 2.72. The average molecular weight is 390 g/mol. The molecule has 1 fully saturated rings. The Kier molecular flexibility index (Phi) is 6.34. The van der Waals surface area contributed by atoms with E-state index in [0.29, 0.717) is 19.4 Å². The maximum Gasteiger partial charge on any atom is 0.256 e. The fourth-order valence-corrected chi connectivity index (χ4v) is 3.33. The number of hydrogen-bond acceptors (Lipinski definition) is 2. The van der Waals surface area contributed by atoms with Crippen LogP contribution in [0.2, 0.25) is 0 Å². The Morgan fingerprint density at radius 1 is 0.964 bits per heavy atom. The molecule has 0 radical (unpaired) electrons. The summed E-state index contributed by atoms with van der Waals surface area (Å²) in [5, 5.41) is 2.91. The van der Waals surface area contributed by atoms with Gasteiger partial charge in [-0.2, -0.15) is 0 Å². The van der Waals surface area contributed by atoms with Gasteiger partial charge in [-0.15, -0.1) is 0 Å². The van der Waals surface area contributed by atoms with Crippen molar-refractivity contribution in [3.8, 4) is 0 Å². The maximum absolute atomic E-state index is 13.8. The Morgan fingerprint density at radius 3 is 2.32 bits per heavy atom. The van der Waals surface area contributed by atoms with Crippen molar-refractivity contribution in [2.24, 2.45) is 5.92 Å². The van der Waals surface area contributed by atoms with Gasteiger partial charge in [-0.25, -0.2) is 13.2 Å². The van der Waals surface area contributed by atoms with Gasteiger partial charge < -0.3 is 10.2 Å². The monoisotopic (exact) mass is 390 g/mol. The van der Waals surface area contributed by atoms with E-state index < -0.39 is 28.9 Å². The number of halogens is 3. The van der Waals surface area contributed by atoms with Crippen LogP contribution in [0.1, 0.15) is 28.8 Å². The molecule has 148 valence electrons. The molecule has 1 N–H and O–H groups in total. The summed E-state index contributed by atoms with van der Waals surface area (Å²) in [5.41, 5.74) is 0.640. The lowest BCUT2D eigenvalue weighted by molar-refractivity contribution is -0.126. The summed E-state index contributed by atoms with van der Waals surface area (Å²) >= 11 is 0. The van der Waals surface area contributed by atoms with Gasteiger partial charge in [0, 0.05) is 25.6 Å². The molecule has 0 saturated carbocycles. The van der Waals surface area contributed by atoms with E-state index >= 15 is 0 Å². The summed E-state index contributed by atoms with van der Waals surface area (Å²) in [6.07, 6.45) is 1.61. The number of likely N-dealkylation sites (tertiary alicyclic amines) is 1. The van der Waals surface area contributed by atoms with Crippen LogP contribution in [-0.4, -0.2) is 36.3 Å². The van der Waals surface area contributed by atoms with E-state index in [1.807, 2.05) is 30.3 Å². The second-order valence-electron chi connectivity index (χ2n) is 6.82. The van der Waals surface area contributed by atoms with Crippen molar-refractivity contribution in [1.82, 2.24) is 10.2 Å². The quantitative estimate of drug-likeness (QED) is 0.797. The molecule has 2 aromatic carbocycles. The molecule has 0 spiro atoms. The third-order valence-electron chi connectivity index (χ3n) is 4.97. The zero-order valence-electron chi connectivity index (χ0n) is 15.3. The zero-order valence-corrected chi connectivity index (χ0v) is 15.3. The molecule has 0 atom stereocenters. The smallest absolute Gasteiger partial charge is 0.256 e. The topological polar surface area (TPSA) is 49.4 Å². The number of carbonyl (C=O) groups is 2. The van der Waals surface area contributed by atoms with Crippen molar-refractivity contribution in [2.45, 2.75) is 19.3 Å². The van der Waals surface area contributed by atoms with E-state index in [0.717, 1.165) is 24.1 Å². The summed E-state index contributed by atoms with van der Waals surface area (Å²) in [4.78, 5) is 26.1. The third kappa shape index (κ3) is 4.52. The predicted octanol–water partition coefficient (Wildman–Crippen LogP) is 3.32. The molecule has 2 aromatic rings. The van der Waals surface area contributed by atoms with Crippen LogP contribution in [0.5, 0.6) is 0 Å². The molecule has 7 heteroatoms. The van der Waals surface area contributed by atoms with Gasteiger partial charge in [0.25, 0.3) is 5.91 Å². The number of nitrogens with zero attached hydrogens (tertiary/aromatic N) is 1. The van der Waals surface area contributed by atoms with Gasteiger partial charge in [-0.1, -0.05) is 30.3 Å². The standard InChI is InChI=1S/C21H21F3N2O2/c22-17-7-6-16(18(23)19(17)24)21(28)26-12-9-15(10-13-26)20(27)25-11-8-14-4-2-1-3-5-14/h1-7,15H,8-13H2,(H,25,27). The van der Waals surface area contributed by atoms with Crippen LogP contribution in [0, 0.1) is 23.4 Å². The molecule has 0 bridgehead atoms. The molecule has 0 aromatic heterocycles. The van der Waals surface area contributed by atoms with E-state index in [-0.39, 0.29) is 24.9 Å². The van der Waals surface area contributed by atoms with Gasteiger partial charge in [0.05, 0.1) is 5.56 Å². The van der Waals surface area contributed by atoms with Crippen LogP contribution in [0.25, 0.3) is 0 Å². The van der Waals surface area contributed by atoms with Gasteiger partial charge in [0.1, 0.15) is 0 Å². The highest BCUT2D eigenvalue weighted by Crippen LogP contribution is 2.22. The van der Waals surface area contributed by atoms with Crippen molar-refractivity contribution >= 4 is 11.8 Å². The lowest BCUT2D eigenvalue weighted by atomic mass is 9.95. The van der Waals surface area contributed by atoms with Crippen LogP contribution < -0.4 is 5.32 Å². The van der Waals surface area contributed by atoms with Crippen LogP contribution in [0.3, 0.4) is 0 Å². The largest absolute Gasteiger partial charge is 0.356 e. The van der Waals surface area contributed by atoms with Gasteiger partial charge in [-0.3, -0.25) is 9.59 Å². The highest BCUT2D eigenvalue weighted by molar-refractivity contribution is 5.94. The highest BCUT2D eigenvalue weighted by atomic mass is 19.2. The minimum atomic E-state index is -1.65. The maximum atomic E-state index is 13.8. The van der Waals surface area contributed by atoms with Gasteiger partial charge >= 0.3 is 0 Å². The first-order valence-electron chi connectivity index (χ1n) is 9.21. The van der Waals surface area contributed by atoms with E-state index in [1.54, 1.807) is 0 Å². The Labute approximate surface area is 161 Å². The molecule has 2 amide bonds. The minimum absolute atomic E-state index is 0.0676. The van der Waals surface area contributed by atoms with Gasteiger partial charge in [0.2, 0.25) is 5.91 Å². The number of rotatable bonds is 5. The Morgan fingerprint density at radius 2 is 1.64 bits per heavy atom. The lowest BCUT2D eigenvalue weighted by Gasteiger charge is -2.31. The molecule has 4 nitrogen and oxygen atoms in total. The van der Waals surface area contributed by atoms with Crippen molar-refractivity contribution in [1.29, 1.82) is 0 Å². The predicted molar refractivity (Wildman–Crippen MR) is 98.1 cm³/mol. The molecule has 0 unspecified atom stereocenters. The summed E-state index contributed by atoms with van der Waals surface area (Å²) < 4.78 is 40.2. The van der Waals surface area contributed by atoms with Crippen molar-refractivity contribution in [3.63, 3.8) is 0 Å². The summed E-state index contributed by atoms with van der Waals surface area (Å²) in [6, 6.07) is 11.5. The summed E-state index contributed by atoms with van der Waals surface area (Å²) in [6.45, 7) is 1.05. The lowest BCUT2D eigenvalue weighted by Crippen LogP contribution is -2.43. The number of amides is 2. The molecule has 1 saturated heterocycles. The van der Waals surface area contributed by atoms with Crippen LogP contribution >= 0.6 is 0 Å². The first-order chi connectivity index (χ1) is 13.5. The van der Waals surface area contributed by atoms with Crippen LogP contribution in [0.15, 0.2) is 42.5 Å². The number of carbonyl (C=O) groups excluding carboxylic acids is 2. The molecule has 1 aliphatic rings. The first kappa shape index (κ1) is 19.9. The number of hydrogen-bond donors (Lipinski definition) is 1. The minimum Gasteiger partial charge on any atom is -0.356 e. The van der Waals surface area contributed by atoms with Gasteiger partial charge in [-0.05, 0) is 37.0 Å². The van der Waals surface area contributed by atoms with E-state index in [1.165, 1.54) is 4.90 Å². The Balaban J connectivity index is 1.49. The third-order valence-corrected chi connectivity index (χ3v) is 4.97. The second-order valence-corrected chi connectivity index (χ2v) is 6.82. The fraction of sp³-hybridized carbons (Fsp3) is 0.333. The summed E-state index contributed by atoms with van der Waals surface area (Å²) in [7, 11) is 0. The SMILES string of the molecule is O=C(NCCc1ccccc1)C1CCN(C(=O)c2ccc(F)c(F)c2F)CC1. The number of benzene rings is 2. The molecule has 28 heavy (non-hydrogen) atoms. The zero-order chi connectivity index (χ0) is 20.1. The van der Waals surface area contributed by atoms with Crippen molar-refractivity contribution < 1.29 is 22.8 Å². The molecule has 1 aliphatic heterocycles. The van der Waals surface area contributed by atoms with Crippen molar-refractivity contribution in [2.75, 3.05) is 19.6 Å². The Bertz CT molecular complexity index is 850. The van der Waals surface area contributed by atoms with Gasteiger partial charge in [0.15, 0.2) is 17.5 Å². The van der Waals surface area contributed by atoms with E-state index in [2.05, 4.69) is 5.32 Å². The van der Waals surface area contributed by atoms with Crippen LogP contribution in [0.4, 0.5) is 13.2 Å². The first-order valence-corrected chi connectivity index (χ1v) is 9.21. The fourth-order valence-electron chi connectivity index (χ4n) is 3.33. The van der Waals surface area contributed by atoms with Crippen molar-refractivity contribution in [3.05, 3.63) is 71.0 Å². The second kappa shape index (κ2) is 8.91. The normalized spacial score (nSPS) is 14.8. The van der Waals surface area contributed by atoms with E-state index in [9.17, 15) is 22.8 Å². The Hall–Kier alpha value is -2.83. The number of piperidine rings is 1. The molecule has 3 rings (SSSR count). The highest BCUT2D eigenvalue weighted by Gasteiger charge is 2.29.